The number of piperazine rings is 1. The van der Waals surface area contributed by atoms with Crippen LogP contribution in [0, 0.1) is 0 Å². The molecule has 0 bridgehead atoms. The zero-order valence-electron chi connectivity index (χ0n) is 11.4. The summed E-state index contributed by atoms with van der Waals surface area (Å²) in [6.07, 6.45) is 0. The van der Waals surface area contributed by atoms with Gasteiger partial charge in [-0.1, -0.05) is 23.7 Å². The topological polar surface area (TPSA) is 58.6 Å². The van der Waals surface area contributed by atoms with Gasteiger partial charge >= 0.3 is 0 Å². The molecule has 7 heteroatoms. The number of sulfonamides is 1. The van der Waals surface area contributed by atoms with Gasteiger partial charge in [-0.2, -0.15) is 4.31 Å². The third kappa shape index (κ3) is 3.71. The van der Waals surface area contributed by atoms with Crippen LogP contribution in [0.3, 0.4) is 0 Å². The quantitative estimate of drug-likeness (QED) is 0.888. The van der Waals surface area contributed by atoms with E-state index in [0.29, 0.717) is 24.7 Å². The Morgan fingerprint density at radius 3 is 3.00 bits per heavy atom. The Morgan fingerprint density at radius 1 is 1.50 bits per heavy atom. The molecular weight excluding hydrogens is 300 g/mol. The number of rotatable bonds is 5. The normalized spacial score (nSPS) is 21.0. The summed E-state index contributed by atoms with van der Waals surface area (Å²) in [6, 6.07) is 7.13. The molecule has 1 atom stereocenters. The number of halogens is 1. The first kappa shape index (κ1) is 15.7. The van der Waals surface area contributed by atoms with Crippen molar-refractivity contribution in [2.75, 3.05) is 39.1 Å². The van der Waals surface area contributed by atoms with Crippen LogP contribution in [0.1, 0.15) is 11.6 Å². The Bertz CT molecular complexity index is 550. The monoisotopic (exact) mass is 318 g/mol. The lowest BCUT2D eigenvalue weighted by Gasteiger charge is -2.35. The highest BCUT2D eigenvalue weighted by atomic mass is 35.5. The van der Waals surface area contributed by atoms with Crippen molar-refractivity contribution in [3.8, 4) is 0 Å². The van der Waals surface area contributed by atoms with Gasteiger partial charge in [0.05, 0.1) is 18.4 Å². The van der Waals surface area contributed by atoms with Gasteiger partial charge in [-0.3, -0.25) is 0 Å². The zero-order valence-corrected chi connectivity index (χ0v) is 13.0. The molecule has 1 heterocycles. The Labute approximate surface area is 124 Å². The van der Waals surface area contributed by atoms with E-state index in [-0.39, 0.29) is 18.4 Å². The second-order valence-electron chi connectivity index (χ2n) is 4.69. The lowest BCUT2D eigenvalue weighted by Crippen LogP contribution is -2.49. The maximum absolute atomic E-state index is 12.4. The summed E-state index contributed by atoms with van der Waals surface area (Å²) >= 11 is 6.00. The molecule has 20 heavy (non-hydrogen) atoms. The number of nitrogens with one attached hydrogen (secondary N) is 1. The first-order valence-electron chi connectivity index (χ1n) is 6.49. The van der Waals surface area contributed by atoms with E-state index in [2.05, 4.69) is 5.32 Å². The van der Waals surface area contributed by atoms with Crippen LogP contribution in [0.4, 0.5) is 0 Å². The highest BCUT2D eigenvalue weighted by Crippen LogP contribution is 2.27. The molecule has 0 amide bonds. The predicted molar refractivity (Wildman–Crippen MR) is 79.4 cm³/mol. The summed E-state index contributed by atoms with van der Waals surface area (Å²) in [5.41, 5.74) is 0.908. The van der Waals surface area contributed by atoms with Crippen LogP contribution in [0.25, 0.3) is 0 Å². The minimum absolute atomic E-state index is 0.000561. The third-order valence-corrected chi connectivity index (χ3v) is 5.40. The average molecular weight is 319 g/mol. The van der Waals surface area contributed by atoms with E-state index < -0.39 is 10.0 Å². The van der Waals surface area contributed by atoms with Crippen molar-refractivity contribution in [3.63, 3.8) is 0 Å². The van der Waals surface area contributed by atoms with Crippen LogP contribution in [-0.4, -0.2) is 51.8 Å². The fourth-order valence-electron chi connectivity index (χ4n) is 2.32. The second kappa shape index (κ2) is 6.87. The SMILES string of the molecule is COCCS(=O)(=O)N1CCNCC1c1cccc(Cl)c1. The molecule has 1 aromatic rings. The highest BCUT2D eigenvalue weighted by molar-refractivity contribution is 7.89. The predicted octanol–water partition coefficient (Wildman–Crippen LogP) is 1.26. The molecule has 0 aliphatic carbocycles. The Hall–Kier alpha value is -0.660. The van der Waals surface area contributed by atoms with Crippen molar-refractivity contribution >= 4 is 21.6 Å². The van der Waals surface area contributed by atoms with Gasteiger partial charge in [-0.25, -0.2) is 8.42 Å². The van der Waals surface area contributed by atoms with Crippen molar-refractivity contribution in [3.05, 3.63) is 34.9 Å². The van der Waals surface area contributed by atoms with Crippen LogP contribution < -0.4 is 5.32 Å². The molecule has 0 spiro atoms. The number of ether oxygens (including phenoxy) is 1. The van der Waals surface area contributed by atoms with Gasteiger partial charge in [0.1, 0.15) is 0 Å². The van der Waals surface area contributed by atoms with Gasteiger partial charge in [-0.15, -0.1) is 0 Å². The summed E-state index contributed by atoms with van der Waals surface area (Å²) in [6.45, 7) is 1.91. The van der Waals surface area contributed by atoms with Gasteiger partial charge in [-0.05, 0) is 17.7 Å². The van der Waals surface area contributed by atoms with Crippen molar-refractivity contribution < 1.29 is 13.2 Å². The van der Waals surface area contributed by atoms with Crippen LogP contribution in [0.2, 0.25) is 5.02 Å². The van der Waals surface area contributed by atoms with E-state index in [4.69, 9.17) is 16.3 Å². The van der Waals surface area contributed by atoms with E-state index >= 15 is 0 Å². The molecule has 0 radical (unpaired) electrons. The van der Waals surface area contributed by atoms with Crippen LogP contribution in [-0.2, 0) is 14.8 Å². The molecule has 1 saturated heterocycles. The highest BCUT2D eigenvalue weighted by Gasteiger charge is 2.32. The molecule has 1 aliphatic rings. The zero-order chi connectivity index (χ0) is 14.6. The molecule has 5 nitrogen and oxygen atoms in total. The molecule has 1 N–H and O–H groups in total. The largest absolute Gasteiger partial charge is 0.384 e. The Morgan fingerprint density at radius 2 is 2.30 bits per heavy atom. The molecule has 0 saturated carbocycles. The Kier molecular flexibility index (Phi) is 5.40. The number of methoxy groups -OCH3 is 1. The molecule has 112 valence electrons. The van der Waals surface area contributed by atoms with Gasteiger partial charge in [0.25, 0.3) is 0 Å². The van der Waals surface area contributed by atoms with E-state index in [1.165, 1.54) is 7.11 Å². The lowest BCUT2D eigenvalue weighted by molar-refractivity contribution is 0.212. The maximum Gasteiger partial charge on any atom is 0.217 e. The number of benzene rings is 1. The second-order valence-corrected chi connectivity index (χ2v) is 7.17. The molecule has 1 unspecified atom stereocenters. The number of nitrogens with zero attached hydrogens (tertiary/aromatic N) is 1. The van der Waals surface area contributed by atoms with Crippen LogP contribution in [0.15, 0.2) is 24.3 Å². The van der Waals surface area contributed by atoms with Gasteiger partial charge in [0, 0.05) is 31.8 Å². The fourth-order valence-corrected chi connectivity index (χ4v) is 4.09. The van der Waals surface area contributed by atoms with E-state index in [1.54, 1.807) is 10.4 Å². The standard InChI is InChI=1S/C13H19ClN2O3S/c1-19-7-8-20(17,18)16-6-5-15-10-13(16)11-3-2-4-12(14)9-11/h2-4,9,13,15H,5-8,10H2,1H3. The van der Waals surface area contributed by atoms with Gasteiger partial charge < -0.3 is 10.1 Å². The average Bonchev–Trinajstić information content (AvgIpc) is 2.45. The minimum Gasteiger partial charge on any atom is -0.384 e. The third-order valence-electron chi connectivity index (χ3n) is 3.33. The van der Waals surface area contributed by atoms with E-state index in [9.17, 15) is 8.42 Å². The van der Waals surface area contributed by atoms with Crippen molar-refractivity contribution in [2.45, 2.75) is 6.04 Å². The molecule has 1 fully saturated rings. The first-order valence-corrected chi connectivity index (χ1v) is 8.48. The van der Waals surface area contributed by atoms with Crippen LogP contribution in [0.5, 0.6) is 0 Å². The van der Waals surface area contributed by atoms with Gasteiger partial charge in [0.15, 0.2) is 0 Å². The fraction of sp³-hybridized carbons (Fsp3) is 0.538. The molecule has 1 aliphatic heterocycles. The maximum atomic E-state index is 12.4. The summed E-state index contributed by atoms with van der Waals surface area (Å²) in [7, 11) is -1.83. The van der Waals surface area contributed by atoms with Crippen molar-refractivity contribution in [1.82, 2.24) is 9.62 Å². The lowest BCUT2D eigenvalue weighted by atomic mass is 10.1. The molecule has 0 aromatic heterocycles. The molecule has 2 rings (SSSR count). The molecular formula is C13H19ClN2O3S. The van der Waals surface area contributed by atoms with E-state index in [0.717, 1.165) is 5.56 Å². The number of hydrogen-bond acceptors (Lipinski definition) is 4. The van der Waals surface area contributed by atoms with Crippen molar-refractivity contribution in [1.29, 1.82) is 0 Å². The number of hydrogen-bond donors (Lipinski definition) is 1. The minimum atomic E-state index is -3.33. The van der Waals surface area contributed by atoms with E-state index in [1.807, 2.05) is 18.2 Å². The summed E-state index contributed by atoms with van der Waals surface area (Å²) < 4.78 is 31.2. The summed E-state index contributed by atoms with van der Waals surface area (Å²) in [5, 5.41) is 3.84. The Balaban J connectivity index is 2.25. The summed E-state index contributed by atoms with van der Waals surface area (Å²) in [4.78, 5) is 0. The smallest absolute Gasteiger partial charge is 0.217 e. The first-order chi connectivity index (χ1) is 9.54. The van der Waals surface area contributed by atoms with Crippen molar-refractivity contribution in [2.24, 2.45) is 0 Å². The summed E-state index contributed by atoms with van der Waals surface area (Å²) in [5.74, 6) is 0.000561. The molecule has 1 aromatic carbocycles. The van der Waals surface area contributed by atoms with Gasteiger partial charge in [0.2, 0.25) is 10.0 Å². The van der Waals surface area contributed by atoms with Crippen LogP contribution >= 0.6 is 11.6 Å².